The summed E-state index contributed by atoms with van der Waals surface area (Å²) in [7, 11) is 3.31. The quantitative estimate of drug-likeness (QED) is 0.743. The molecule has 2 heterocycles. The highest BCUT2D eigenvalue weighted by Gasteiger charge is 2.14. The molecule has 112 valence electrons. The fourth-order valence-corrected chi connectivity index (χ4v) is 3.13. The van der Waals surface area contributed by atoms with E-state index < -0.39 is 0 Å². The van der Waals surface area contributed by atoms with Crippen LogP contribution in [0.15, 0.2) is 42.6 Å². The third-order valence-electron chi connectivity index (χ3n) is 3.25. The van der Waals surface area contributed by atoms with Crippen molar-refractivity contribution in [2.24, 2.45) is 0 Å². The topological polar surface area (TPSA) is 55.3 Å². The van der Waals surface area contributed by atoms with Crippen molar-refractivity contribution in [3.8, 4) is 5.88 Å². The van der Waals surface area contributed by atoms with Gasteiger partial charge in [-0.25, -0.2) is 9.97 Å². The number of ether oxygens (including phenoxy) is 1. The Kier molecular flexibility index (Phi) is 4.02. The second-order valence-corrected chi connectivity index (χ2v) is 5.94. The first-order chi connectivity index (χ1) is 10.7. The number of benzene rings is 1. The molecule has 3 rings (SSSR count). The summed E-state index contributed by atoms with van der Waals surface area (Å²) in [6.45, 7) is 0.476. The Labute approximate surface area is 132 Å². The van der Waals surface area contributed by atoms with Gasteiger partial charge in [-0.05, 0) is 18.2 Å². The lowest BCUT2D eigenvalue weighted by Crippen LogP contribution is -2.26. The molecule has 0 aliphatic heterocycles. The van der Waals surface area contributed by atoms with Crippen molar-refractivity contribution in [2.75, 3.05) is 14.2 Å². The van der Waals surface area contributed by atoms with E-state index in [2.05, 4.69) is 9.97 Å². The van der Waals surface area contributed by atoms with Gasteiger partial charge in [0.1, 0.15) is 5.01 Å². The first-order valence-corrected chi connectivity index (χ1v) is 7.59. The Morgan fingerprint density at radius 2 is 2.09 bits per heavy atom. The van der Waals surface area contributed by atoms with Crippen LogP contribution in [0.25, 0.3) is 10.2 Å². The number of amides is 1. The fraction of sp³-hybridized carbons (Fsp3) is 0.188. The molecule has 0 aliphatic rings. The number of hydrogen-bond acceptors (Lipinski definition) is 5. The highest BCUT2D eigenvalue weighted by atomic mass is 32.1. The Balaban J connectivity index is 1.74. The molecule has 0 N–H and O–H groups in total. The molecule has 3 aromatic rings. The predicted molar refractivity (Wildman–Crippen MR) is 86.2 cm³/mol. The van der Waals surface area contributed by atoms with Gasteiger partial charge in [0.15, 0.2) is 0 Å². The molecule has 0 radical (unpaired) electrons. The van der Waals surface area contributed by atoms with E-state index in [-0.39, 0.29) is 5.91 Å². The molecule has 0 bridgehead atoms. The second-order valence-electron chi connectivity index (χ2n) is 4.83. The summed E-state index contributed by atoms with van der Waals surface area (Å²) in [5, 5.41) is 0.915. The molecule has 0 saturated heterocycles. The van der Waals surface area contributed by atoms with Gasteiger partial charge in [0, 0.05) is 19.3 Å². The summed E-state index contributed by atoms with van der Waals surface area (Å²) in [4.78, 5) is 22.6. The molecular formula is C16H15N3O2S. The second kappa shape index (κ2) is 6.11. The number of aromatic nitrogens is 2. The highest BCUT2D eigenvalue weighted by Crippen LogP contribution is 2.22. The third-order valence-corrected chi connectivity index (χ3v) is 4.27. The van der Waals surface area contributed by atoms with Crippen molar-refractivity contribution in [3.63, 3.8) is 0 Å². The van der Waals surface area contributed by atoms with Crippen molar-refractivity contribution in [1.29, 1.82) is 0 Å². The summed E-state index contributed by atoms with van der Waals surface area (Å²) in [6, 6.07) is 11.4. The standard InChI is InChI=1S/C16H15N3O2S/c1-19(16(20)11-7-8-14(21-2)17-9-11)10-15-18-12-5-3-4-6-13(12)22-15/h3-9H,10H2,1-2H3. The van der Waals surface area contributed by atoms with Crippen LogP contribution in [0.1, 0.15) is 15.4 Å². The van der Waals surface area contributed by atoms with Gasteiger partial charge in [-0.3, -0.25) is 4.79 Å². The molecule has 5 nitrogen and oxygen atoms in total. The van der Waals surface area contributed by atoms with Crippen molar-refractivity contribution in [3.05, 3.63) is 53.2 Å². The summed E-state index contributed by atoms with van der Waals surface area (Å²) in [6.07, 6.45) is 1.52. The lowest BCUT2D eigenvalue weighted by molar-refractivity contribution is 0.0784. The highest BCUT2D eigenvalue weighted by molar-refractivity contribution is 7.18. The van der Waals surface area contributed by atoms with E-state index in [1.165, 1.54) is 6.20 Å². The van der Waals surface area contributed by atoms with Crippen LogP contribution in [0.3, 0.4) is 0 Å². The van der Waals surface area contributed by atoms with Crippen molar-refractivity contribution >= 4 is 27.5 Å². The number of carbonyl (C=O) groups excluding carboxylic acids is 1. The number of pyridine rings is 1. The van der Waals surface area contributed by atoms with Crippen LogP contribution < -0.4 is 4.74 Å². The summed E-state index contributed by atoms with van der Waals surface area (Å²) < 4.78 is 6.12. The number of hydrogen-bond donors (Lipinski definition) is 0. The molecule has 2 aromatic heterocycles. The van der Waals surface area contributed by atoms with Gasteiger partial charge in [-0.15, -0.1) is 11.3 Å². The predicted octanol–water partition coefficient (Wildman–Crippen LogP) is 2.97. The normalized spacial score (nSPS) is 10.6. The van der Waals surface area contributed by atoms with Gasteiger partial charge in [0.2, 0.25) is 5.88 Å². The zero-order chi connectivity index (χ0) is 15.5. The molecule has 6 heteroatoms. The molecule has 0 spiro atoms. The summed E-state index contributed by atoms with van der Waals surface area (Å²) >= 11 is 1.60. The largest absolute Gasteiger partial charge is 0.481 e. The van der Waals surface area contributed by atoms with Gasteiger partial charge in [0.05, 0.1) is 29.4 Å². The maximum absolute atomic E-state index is 12.4. The van der Waals surface area contributed by atoms with Gasteiger partial charge < -0.3 is 9.64 Å². The number of methoxy groups -OCH3 is 1. The SMILES string of the molecule is COc1ccc(C(=O)N(C)Cc2nc3ccccc3s2)cn1. The Hall–Kier alpha value is -2.47. The molecule has 22 heavy (non-hydrogen) atoms. The number of rotatable bonds is 4. The molecule has 0 atom stereocenters. The Morgan fingerprint density at radius 1 is 1.27 bits per heavy atom. The number of thiazole rings is 1. The zero-order valence-corrected chi connectivity index (χ0v) is 13.1. The first-order valence-electron chi connectivity index (χ1n) is 6.77. The van der Waals surface area contributed by atoms with E-state index in [1.807, 2.05) is 24.3 Å². The maximum atomic E-state index is 12.4. The maximum Gasteiger partial charge on any atom is 0.255 e. The average Bonchev–Trinajstić information content (AvgIpc) is 2.96. The smallest absolute Gasteiger partial charge is 0.255 e. The minimum absolute atomic E-state index is 0.0885. The number of nitrogens with zero attached hydrogens (tertiary/aromatic N) is 3. The summed E-state index contributed by atoms with van der Waals surface area (Å²) in [5.74, 6) is 0.403. The monoisotopic (exact) mass is 313 g/mol. The van der Waals surface area contributed by atoms with E-state index in [1.54, 1.807) is 42.5 Å². The lowest BCUT2D eigenvalue weighted by Gasteiger charge is -2.15. The lowest BCUT2D eigenvalue weighted by atomic mass is 10.2. The van der Waals surface area contributed by atoms with E-state index in [0.29, 0.717) is 18.0 Å². The van der Waals surface area contributed by atoms with Gasteiger partial charge >= 0.3 is 0 Å². The van der Waals surface area contributed by atoms with E-state index in [0.717, 1.165) is 15.2 Å². The van der Waals surface area contributed by atoms with Crippen LogP contribution >= 0.6 is 11.3 Å². The van der Waals surface area contributed by atoms with Crippen LogP contribution in [0.5, 0.6) is 5.88 Å². The fourth-order valence-electron chi connectivity index (χ4n) is 2.11. The van der Waals surface area contributed by atoms with Crippen molar-refractivity contribution in [1.82, 2.24) is 14.9 Å². The first kappa shape index (κ1) is 14.5. The summed E-state index contributed by atoms with van der Waals surface area (Å²) in [5.41, 5.74) is 1.50. The molecule has 0 saturated carbocycles. The van der Waals surface area contributed by atoms with Crippen LogP contribution in [0.4, 0.5) is 0 Å². The molecule has 1 amide bonds. The zero-order valence-electron chi connectivity index (χ0n) is 12.3. The van der Waals surface area contributed by atoms with Crippen LogP contribution in [0.2, 0.25) is 0 Å². The Morgan fingerprint density at radius 3 is 2.77 bits per heavy atom. The van der Waals surface area contributed by atoms with Crippen LogP contribution in [0, 0.1) is 0 Å². The average molecular weight is 313 g/mol. The Bertz CT molecular complexity index is 766. The molecule has 1 aromatic carbocycles. The number of fused-ring (bicyclic) bond motifs is 1. The van der Waals surface area contributed by atoms with Crippen molar-refractivity contribution in [2.45, 2.75) is 6.54 Å². The van der Waals surface area contributed by atoms with E-state index >= 15 is 0 Å². The minimum atomic E-state index is -0.0885. The third kappa shape index (κ3) is 2.92. The van der Waals surface area contributed by atoms with Gasteiger partial charge in [-0.1, -0.05) is 12.1 Å². The molecule has 0 unspecified atom stereocenters. The van der Waals surface area contributed by atoms with Crippen LogP contribution in [-0.2, 0) is 6.54 Å². The molecular weight excluding hydrogens is 298 g/mol. The molecule has 0 fully saturated rings. The minimum Gasteiger partial charge on any atom is -0.481 e. The van der Waals surface area contributed by atoms with Crippen molar-refractivity contribution < 1.29 is 9.53 Å². The number of carbonyl (C=O) groups is 1. The van der Waals surface area contributed by atoms with E-state index in [4.69, 9.17) is 4.74 Å². The van der Waals surface area contributed by atoms with Crippen LogP contribution in [-0.4, -0.2) is 34.9 Å². The van der Waals surface area contributed by atoms with E-state index in [9.17, 15) is 4.79 Å². The van der Waals surface area contributed by atoms with Gasteiger partial charge in [-0.2, -0.15) is 0 Å². The molecule has 0 aliphatic carbocycles. The van der Waals surface area contributed by atoms with Gasteiger partial charge in [0.25, 0.3) is 5.91 Å². The number of para-hydroxylation sites is 1.